The van der Waals surface area contributed by atoms with Gasteiger partial charge in [0, 0.05) is 52.4 Å². The lowest BCUT2D eigenvalue weighted by Gasteiger charge is -2.32. The van der Waals surface area contributed by atoms with Crippen LogP contribution in [0.1, 0.15) is 6.92 Å². The summed E-state index contributed by atoms with van der Waals surface area (Å²) in [6, 6.07) is 0. The lowest BCUT2D eigenvalue weighted by atomic mass is 10.2. The first-order chi connectivity index (χ1) is 9.13. The number of rotatable bonds is 3. The van der Waals surface area contributed by atoms with E-state index in [0.29, 0.717) is 13.1 Å². The zero-order chi connectivity index (χ0) is 14.1. The van der Waals surface area contributed by atoms with E-state index in [1.54, 1.807) is 4.90 Å². The standard InChI is InChI=1S/C12H28N4O3/c1-10(17)11(18)12(19)16-8-6-14-4-2-13-3-5-15-7-9-16/h10-15,17-19H,2-9H2,1H3. The van der Waals surface area contributed by atoms with Crippen molar-refractivity contribution in [2.45, 2.75) is 25.4 Å². The Morgan fingerprint density at radius 3 is 1.63 bits per heavy atom. The van der Waals surface area contributed by atoms with Gasteiger partial charge in [-0.05, 0) is 6.92 Å². The molecule has 3 atom stereocenters. The van der Waals surface area contributed by atoms with Gasteiger partial charge in [0.1, 0.15) is 12.3 Å². The van der Waals surface area contributed by atoms with Crippen molar-refractivity contribution in [1.29, 1.82) is 0 Å². The van der Waals surface area contributed by atoms with Gasteiger partial charge < -0.3 is 31.3 Å². The van der Waals surface area contributed by atoms with Crippen LogP contribution in [-0.2, 0) is 0 Å². The molecule has 0 aliphatic carbocycles. The molecule has 1 saturated heterocycles. The maximum atomic E-state index is 10.1. The average Bonchev–Trinajstić information content (AvgIpc) is 2.37. The average molecular weight is 276 g/mol. The van der Waals surface area contributed by atoms with Crippen molar-refractivity contribution in [3.63, 3.8) is 0 Å². The molecule has 0 aromatic carbocycles. The van der Waals surface area contributed by atoms with Crippen molar-refractivity contribution in [3.05, 3.63) is 0 Å². The van der Waals surface area contributed by atoms with E-state index in [1.807, 2.05) is 0 Å². The number of aliphatic hydroxyl groups is 3. The zero-order valence-electron chi connectivity index (χ0n) is 11.7. The Kier molecular flexibility index (Phi) is 8.47. The van der Waals surface area contributed by atoms with Crippen LogP contribution in [0.15, 0.2) is 0 Å². The van der Waals surface area contributed by atoms with Crippen LogP contribution in [0.25, 0.3) is 0 Å². The molecule has 1 heterocycles. The van der Waals surface area contributed by atoms with E-state index in [4.69, 9.17) is 0 Å². The lowest BCUT2D eigenvalue weighted by Crippen LogP contribution is -2.52. The van der Waals surface area contributed by atoms with E-state index in [0.717, 1.165) is 39.3 Å². The number of hydrogen-bond donors (Lipinski definition) is 6. The Morgan fingerprint density at radius 2 is 1.21 bits per heavy atom. The first-order valence-electron chi connectivity index (χ1n) is 7.03. The van der Waals surface area contributed by atoms with Gasteiger partial charge in [-0.2, -0.15) is 0 Å². The molecule has 1 rings (SSSR count). The highest BCUT2D eigenvalue weighted by atomic mass is 16.4. The molecular weight excluding hydrogens is 248 g/mol. The molecule has 0 bridgehead atoms. The maximum absolute atomic E-state index is 10.1. The summed E-state index contributed by atoms with van der Waals surface area (Å²) in [5.74, 6) is 0. The topological polar surface area (TPSA) is 100 Å². The highest BCUT2D eigenvalue weighted by Crippen LogP contribution is 2.05. The smallest absolute Gasteiger partial charge is 0.136 e. The summed E-state index contributed by atoms with van der Waals surface area (Å²) in [5, 5.41) is 39.0. The first-order valence-corrected chi connectivity index (χ1v) is 7.03. The van der Waals surface area contributed by atoms with Gasteiger partial charge in [0.05, 0.1) is 6.10 Å². The SMILES string of the molecule is CC(O)C(O)C(O)N1CCNCCNCCNCC1. The molecule has 0 aromatic rings. The molecule has 0 aromatic heterocycles. The van der Waals surface area contributed by atoms with Crippen molar-refractivity contribution in [3.8, 4) is 0 Å². The molecule has 1 fully saturated rings. The van der Waals surface area contributed by atoms with Gasteiger partial charge in [-0.1, -0.05) is 0 Å². The number of nitrogens with one attached hydrogen (secondary N) is 3. The fourth-order valence-corrected chi connectivity index (χ4v) is 2.02. The summed E-state index contributed by atoms with van der Waals surface area (Å²) in [6.07, 6.45) is -3.12. The monoisotopic (exact) mass is 276 g/mol. The third kappa shape index (κ3) is 6.62. The van der Waals surface area contributed by atoms with Crippen molar-refractivity contribution in [2.24, 2.45) is 0 Å². The van der Waals surface area contributed by atoms with Crippen LogP contribution in [-0.4, -0.2) is 91.0 Å². The molecule has 0 amide bonds. The minimum atomic E-state index is -1.14. The van der Waals surface area contributed by atoms with Crippen LogP contribution in [0.3, 0.4) is 0 Å². The van der Waals surface area contributed by atoms with Gasteiger partial charge in [-0.3, -0.25) is 4.90 Å². The van der Waals surface area contributed by atoms with Crippen molar-refractivity contribution >= 4 is 0 Å². The summed E-state index contributed by atoms with van der Waals surface area (Å²) in [7, 11) is 0. The largest absolute Gasteiger partial charge is 0.391 e. The summed E-state index contributed by atoms with van der Waals surface area (Å²) < 4.78 is 0. The molecule has 0 radical (unpaired) electrons. The quantitative estimate of drug-likeness (QED) is 0.330. The molecular formula is C12H28N4O3. The Morgan fingerprint density at radius 1 is 0.789 bits per heavy atom. The van der Waals surface area contributed by atoms with Crippen LogP contribution >= 0.6 is 0 Å². The molecule has 1 aliphatic heterocycles. The zero-order valence-corrected chi connectivity index (χ0v) is 11.7. The first kappa shape index (κ1) is 16.8. The van der Waals surface area contributed by atoms with E-state index in [9.17, 15) is 15.3 Å². The summed E-state index contributed by atoms with van der Waals surface area (Å²) in [4.78, 5) is 1.78. The van der Waals surface area contributed by atoms with Gasteiger partial charge in [-0.25, -0.2) is 0 Å². The Balaban J connectivity index is 2.45. The maximum Gasteiger partial charge on any atom is 0.136 e. The molecule has 114 valence electrons. The van der Waals surface area contributed by atoms with E-state index >= 15 is 0 Å². The van der Waals surface area contributed by atoms with Gasteiger partial charge in [0.25, 0.3) is 0 Å². The number of nitrogens with zero attached hydrogens (tertiary/aromatic N) is 1. The Hall–Kier alpha value is -0.280. The molecule has 0 spiro atoms. The predicted octanol–water partition coefficient (Wildman–Crippen LogP) is -2.87. The van der Waals surface area contributed by atoms with Crippen molar-refractivity contribution < 1.29 is 15.3 Å². The van der Waals surface area contributed by atoms with Crippen LogP contribution in [0.5, 0.6) is 0 Å². The fraction of sp³-hybridized carbons (Fsp3) is 1.00. The second-order valence-electron chi connectivity index (χ2n) is 4.93. The van der Waals surface area contributed by atoms with Crippen LogP contribution in [0.2, 0.25) is 0 Å². The molecule has 7 heteroatoms. The van der Waals surface area contributed by atoms with Crippen LogP contribution < -0.4 is 16.0 Å². The lowest BCUT2D eigenvalue weighted by molar-refractivity contribution is -0.120. The highest BCUT2D eigenvalue weighted by molar-refractivity contribution is 4.75. The van der Waals surface area contributed by atoms with Gasteiger partial charge >= 0.3 is 0 Å². The summed E-state index contributed by atoms with van der Waals surface area (Å²) >= 11 is 0. The third-order valence-electron chi connectivity index (χ3n) is 3.28. The Bertz CT molecular complexity index is 219. The molecule has 1 aliphatic rings. The fourth-order valence-electron chi connectivity index (χ4n) is 2.02. The summed E-state index contributed by atoms with van der Waals surface area (Å²) in [5.41, 5.74) is 0. The highest BCUT2D eigenvalue weighted by Gasteiger charge is 2.26. The summed E-state index contributed by atoms with van der Waals surface area (Å²) in [6.45, 7) is 7.81. The van der Waals surface area contributed by atoms with E-state index < -0.39 is 18.4 Å². The van der Waals surface area contributed by atoms with Gasteiger partial charge in [-0.15, -0.1) is 0 Å². The predicted molar refractivity (Wildman–Crippen MR) is 73.9 cm³/mol. The molecule has 19 heavy (non-hydrogen) atoms. The van der Waals surface area contributed by atoms with Crippen molar-refractivity contribution in [2.75, 3.05) is 52.4 Å². The second-order valence-corrected chi connectivity index (χ2v) is 4.93. The van der Waals surface area contributed by atoms with Crippen molar-refractivity contribution in [1.82, 2.24) is 20.9 Å². The van der Waals surface area contributed by atoms with Crippen LogP contribution in [0, 0.1) is 0 Å². The molecule has 3 unspecified atom stereocenters. The normalized spacial score (nSPS) is 25.9. The third-order valence-corrected chi connectivity index (χ3v) is 3.28. The minimum Gasteiger partial charge on any atom is -0.391 e. The molecule has 7 nitrogen and oxygen atoms in total. The number of aliphatic hydroxyl groups excluding tert-OH is 3. The van der Waals surface area contributed by atoms with Gasteiger partial charge in [0.2, 0.25) is 0 Å². The van der Waals surface area contributed by atoms with E-state index in [1.165, 1.54) is 6.92 Å². The molecule has 6 N–H and O–H groups in total. The minimum absolute atomic E-state index is 0.632. The molecule has 0 saturated carbocycles. The Labute approximate surface area is 115 Å². The number of hydrogen-bond acceptors (Lipinski definition) is 7. The van der Waals surface area contributed by atoms with Crippen LogP contribution in [0.4, 0.5) is 0 Å². The van der Waals surface area contributed by atoms with E-state index in [2.05, 4.69) is 16.0 Å². The second kappa shape index (κ2) is 9.60. The van der Waals surface area contributed by atoms with E-state index in [-0.39, 0.29) is 0 Å². The van der Waals surface area contributed by atoms with Gasteiger partial charge in [0.15, 0.2) is 0 Å².